The van der Waals surface area contributed by atoms with Gasteiger partial charge in [0.2, 0.25) is 0 Å². The molecule has 2 heteroatoms. The van der Waals surface area contributed by atoms with Crippen LogP contribution in [0.3, 0.4) is 0 Å². The summed E-state index contributed by atoms with van der Waals surface area (Å²) in [6.45, 7) is 0. The average molecular weight is 242 g/mol. The molecule has 2 rings (SSSR count). The molecule has 0 radical (unpaired) electrons. The topological polar surface area (TPSA) is 26.3 Å². The molecule has 0 spiro atoms. The second kappa shape index (κ2) is 5.27. The zero-order valence-electron chi connectivity index (χ0n) is 10.7. The van der Waals surface area contributed by atoms with Crippen LogP contribution in [-0.4, -0.2) is 13.4 Å². The number of ether oxygens (including phenoxy) is 1. The van der Waals surface area contributed by atoms with Gasteiger partial charge in [-0.25, -0.2) is 0 Å². The number of hydrogen-bond donors (Lipinski definition) is 0. The van der Waals surface area contributed by atoms with E-state index in [-0.39, 0.29) is 5.41 Å². The minimum atomic E-state index is -0.337. The highest BCUT2D eigenvalue weighted by atomic mass is 16.5. The molecule has 18 heavy (non-hydrogen) atoms. The predicted octanol–water partition coefficient (Wildman–Crippen LogP) is 3.08. The quantitative estimate of drug-likeness (QED) is 0.601. The molecule has 1 fully saturated rings. The maximum atomic E-state index is 11.6. The Hall–Kier alpha value is -1.75. The first kappa shape index (κ1) is 12.7. The van der Waals surface area contributed by atoms with Crippen LogP contribution < -0.4 is 4.74 Å². The lowest BCUT2D eigenvalue weighted by Gasteiger charge is -2.32. The van der Waals surface area contributed by atoms with Gasteiger partial charge in [-0.1, -0.05) is 31.2 Å². The van der Waals surface area contributed by atoms with Crippen molar-refractivity contribution in [1.29, 1.82) is 0 Å². The van der Waals surface area contributed by atoms with Crippen LogP contribution in [0.2, 0.25) is 0 Å². The van der Waals surface area contributed by atoms with E-state index in [0.717, 1.165) is 43.1 Å². The maximum Gasteiger partial charge on any atom is 0.134 e. The van der Waals surface area contributed by atoms with E-state index in [2.05, 4.69) is 5.92 Å². The van der Waals surface area contributed by atoms with Crippen molar-refractivity contribution in [3.05, 3.63) is 29.3 Å². The smallest absolute Gasteiger partial charge is 0.134 e. The summed E-state index contributed by atoms with van der Waals surface area (Å²) in [7, 11) is 1.60. The SMILES string of the molecule is C#Cc1cc(C2(C=O)CCCCC2)ccc1OC. The van der Waals surface area contributed by atoms with Gasteiger partial charge >= 0.3 is 0 Å². The van der Waals surface area contributed by atoms with E-state index in [1.165, 1.54) is 6.42 Å². The van der Waals surface area contributed by atoms with E-state index >= 15 is 0 Å². The molecule has 1 saturated carbocycles. The molecule has 1 aromatic rings. The molecule has 0 aliphatic heterocycles. The minimum absolute atomic E-state index is 0.337. The van der Waals surface area contributed by atoms with Crippen LogP contribution in [-0.2, 0) is 10.2 Å². The third kappa shape index (κ3) is 2.13. The Morgan fingerprint density at radius 2 is 2.06 bits per heavy atom. The molecule has 0 heterocycles. The summed E-state index contributed by atoms with van der Waals surface area (Å²) < 4.78 is 5.21. The van der Waals surface area contributed by atoms with Gasteiger partial charge < -0.3 is 9.53 Å². The van der Waals surface area contributed by atoms with Gasteiger partial charge in [-0.15, -0.1) is 6.42 Å². The van der Waals surface area contributed by atoms with E-state index in [4.69, 9.17) is 11.2 Å². The number of hydrogen-bond acceptors (Lipinski definition) is 2. The molecule has 0 atom stereocenters. The molecule has 1 aliphatic carbocycles. The predicted molar refractivity (Wildman–Crippen MR) is 71.8 cm³/mol. The zero-order valence-corrected chi connectivity index (χ0v) is 10.7. The Morgan fingerprint density at radius 3 is 2.61 bits per heavy atom. The average Bonchev–Trinajstić information content (AvgIpc) is 2.47. The molecule has 0 amide bonds. The number of methoxy groups -OCH3 is 1. The number of carbonyl (C=O) groups is 1. The Balaban J connectivity index is 2.43. The molecule has 94 valence electrons. The largest absolute Gasteiger partial charge is 0.495 e. The normalized spacial score (nSPS) is 17.8. The lowest BCUT2D eigenvalue weighted by atomic mass is 9.70. The van der Waals surface area contributed by atoms with Gasteiger partial charge in [-0.05, 0) is 30.5 Å². The first-order chi connectivity index (χ1) is 8.75. The molecule has 0 N–H and O–H groups in total. The molecule has 1 aromatic carbocycles. The monoisotopic (exact) mass is 242 g/mol. The standard InChI is InChI=1S/C16H18O2/c1-3-13-11-14(7-8-15(13)18-2)16(12-17)9-5-4-6-10-16/h1,7-8,11-12H,4-6,9-10H2,2H3. The van der Waals surface area contributed by atoms with Crippen LogP contribution in [0.1, 0.15) is 43.2 Å². The summed E-state index contributed by atoms with van der Waals surface area (Å²) in [6.07, 6.45) is 11.9. The molecule has 0 saturated heterocycles. The van der Waals surface area contributed by atoms with Gasteiger partial charge in [0.05, 0.1) is 18.1 Å². The molecular weight excluding hydrogens is 224 g/mol. The number of terminal acetylenes is 1. The Labute approximate surface area is 108 Å². The highest BCUT2D eigenvalue weighted by molar-refractivity contribution is 5.70. The summed E-state index contributed by atoms with van der Waals surface area (Å²) >= 11 is 0. The first-order valence-corrected chi connectivity index (χ1v) is 6.37. The molecule has 0 unspecified atom stereocenters. The first-order valence-electron chi connectivity index (χ1n) is 6.37. The van der Waals surface area contributed by atoms with Crippen molar-refractivity contribution in [2.75, 3.05) is 7.11 Å². The van der Waals surface area contributed by atoms with Gasteiger partial charge in [0.25, 0.3) is 0 Å². The Morgan fingerprint density at radius 1 is 1.33 bits per heavy atom. The van der Waals surface area contributed by atoms with E-state index in [9.17, 15) is 4.79 Å². The van der Waals surface area contributed by atoms with Gasteiger partial charge in [-0.3, -0.25) is 0 Å². The van der Waals surface area contributed by atoms with E-state index in [1.807, 2.05) is 18.2 Å². The fourth-order valence-corrected chi connectivity index (χ4v) is 2.79. The van der Waals surface area contributed by atoms with E-state index in [1.54, 1.807) is 7.11 Å². The maximum absolute atomic E-state index is 11.6. The summed E-state index contributed by atoms with van der Waals surface area (Å²) in [5.74, 6) is 3.32. The number of benzene rings is 1. The van der Waals surface area contributed by atoms with Gasteiger partial charge in [0.1, 0.15) is 12.0 Å². The summed E-state index contributed by atoms with van der Waals surface area (Å²) in [5, 5.41) is 0. The van der Waals surface area contributed by atoms with E-state index in [0.29, 0.717) is 5.75 Å². The molecule has 1 aliphatic rings. The van der Waals surface area contributed by atoms with Gasteiger partial charge in [-0.2, -0.15) is 0 Å². The van der Waals surface area contributed by atoms with Crippen molar-refractivity contribution >= 4 is 6.29 Å². The number of rotatable bonds is 3. The van der Waals surface area contributed by atoms with Crippen molar-refractivity contribution in [2.24, 2.45) is 0 Å². The third-order valence-corrected chi connectivity index (χ3v) is 3.90. The second-order valence-corrected chi connectivity index (χ2v) is 4.89. The summed E-state index contributed by atoms with van der Waals surface area (Å²) in [4.78, 5) is 11.6. The molecular formula is C16H18O2. The second-order valence-electron chi connectivity index (χ2n) is 4.89. The van der Waals surface area contributed by atoms with Crippen LogP contribution >= 0.6 is 0 Å². The Bertz CT molecular complexity index is 476. The van der Waals surface area contributed by atoms with Crippen LogP contribution in [0.4, 0.5) is 0 Å². The van der Waals surface area contributed by atoms with Crippen molar-refractivity contribution < 1.29 is 9.53 Å². The van der Waals surface area contributed by atoms with Crippen molar-refractivity contribution in [3.8, 4) is 18.1 Å². The van der Waals surface area contributed by atoms with Crippen molar-refractivity contribution in [2.45, 2.75) is 37.5 Å². The van der Waals surface area contributed by atoms with Gasteiger partial charge in [0.15, 0.2) is 0 Å². The highest BCUT2D eigenvalue weighted by Crippen LogP contribution is 2.39. The summed E-state index contributed by atoms with van der Waals surface area (Å²) in [5.41, 5.74) is 1.42. The highest BCUT2D eigenvalue weighted by Gasteiger charge is 2.33. The lowest BCUT2D eigenvalue weighted by Crippen LogP contribution is -2.30. The molecule has 0 bridgehead atoms. The minimum Gasteiger partial charge on any atom is -0.495 e. The van der Waals surface area contributed by atoms with Crippen molar-refractivity contribution in [3.63, 3.8) is 0 Å². The fourth-order valence-electron chi connectivity index (χ4n) is 2.79. The third-order valence-electron chi connectivity index (χ3n) is 3.90. The van der Waals surface area contributed by atoms with Crippen LogP contribution in [0.25, 0.3) is 0 Å². The van der Waals surface area contributed by atoms with Crippen LogP contribution in [0.15, 0.2) is 18.2 Å². The van der Waals surface area contributed by atoms with Crippen LogP contribution in [0, 0.1) is 12.3 Å². The van der Waals surface area contributed by atoms with Crippen molar-refractivity contribution in [1.82, 2.24) is 0 Å². The summed E-state index contributed by atoms with van der Waals surface area (Å²) in [6, 6.07) is 5.77. The molecule has 0 aromatic heterocycles. The lowest BCUT2D eigenvalue weighted by molar-refractivity contribution is -0.113. The number of carbonyl (C=O) groups excluding carboxylic acids is 1. The van der Waals surface area contributed by atoms with Crippen LogP contribution in [0.5, 0.6) is 5.75 Å². The van der Waals surface area contributed by atoms with Gasteiger partial charge in [0, 0.05) is 0 Å². The molecule has 2 nitrogen and oxygen atoms in total. The zero-order chi connectivity index (χ0) is 13.0. The number of aldehydes is 1. The Kier molecular flexibility index (Phi) is 3.72. The fraction of sp³-hybridized carbons (Fsp3) is 0.438. The van der Waals surface area contributed by atoms with E-state index < -0.39 is 0 Å².